The predicted octanol–water partition coefficient (Wildman–Crippen LogP) is 4.17. The van der Waals surface area contributed by atoms with E-state index >= 15 is 0 Å². The molecular formula is C24H23N3O3S. The summed E-state index contributed by atoms with van der Waals surface area (Å²) in [6.07, 6.45) is 2.10. The smallest absolute Gasteiger partial charge is 0.265 e. The normalized spacial score (nSPS) is 13.1. The molecule has 0 radical (unpaired) electrons. The molecule has 1 aliphatic heterocycles. The van der Waals surface area contributed by atoms with E-state index in [1.807, 2.05) is 40.6 Å². The van der Waals surface area contributed by atoms with E-state index in [2.05, 4.69) is 10.6 Å². The summed E-state index contributed by atoms with van der Waals surface area (Å²) < 4.78 is 0. The standard InChI is InChI=1S/C24H23N3O3S/c28-22(18-7-4-9-20(15-18)26-23(29)21-10-5-13-31-21)25-16-17-6-3-8-19(14-17)24(30)27-11-1-2-12-27/h3-10,13-15H,1-2,11-12,16H2,(H,25,28)(H,26,29). The quantitative estimate of drug-likeness (QED) is 0.613. The van der Waals surface area contributed by atoms with Crippen LogP contribution in [0.25, 0.3) is 0 Å². The number of amides is 3. The summed E-state index contributed by atoms with van der Waals surface area (Å²) >= 11 is 1.36. The van der Waals surface area contributed by atoms with Crippen LogP contribution in [-0.4, -0.2) is 35.7 Å². The van der Waals surface area contributed by atoms with Gasteiger partial charge in [0.2, 0.25) is 0 Å². The van der Waals surface area contributed by atoms with Crippen LogP contribution < -0.4 is 10.6 Å². The van der Waals surface area contributed by atoms with E-state index in [-0.39, 0.29) is 17.7 Å². The van der Waals surface area contributed by atoms with Crippen molar-refractivity contribution in [1.82, 2.24) is 10.2 Å². The van der Waals surface area contributed by atoms with Crippen molar-refractivity contribution in [1.29, 1.82) is 0 Å². The maximum Gasteiger partial charge on any atom is 0.265 e. The summed E-state index contributed by atoms with van der Waals surface area (Å²) in [4.78, 5) is 39.9. The van der Waals surface area contributed by atoms with Gasteiger partial charge >= 0.3 is 0 Å². The lowest BCUT2D eigenvalue weighted by molar-refractivity contribution is 0.0792. The molecule has 3 aromatic rings. The Kier molecular flexibility index (Phi) is 6.43. The van der Waals surface area contributed by atoms with Crippen molar-refractivity contribution in [2.75, 3.05) is 18.4 Å². The van der Waals surface area contributed by atoms with Crippen molar-refractivity contribution in [3.05, 3.63) is 87.6 Å². The monoisotopic (exact) mass is 433 g/mol. The zero-order chi connectivity index (χ0) is 21.6. The summed E-state index contributed by atoms with van der Waals surface area (Å²) in [7, 11) is 0. The number of nitrogens with one attached hydrogen (secondary N) is 2. The number of carbonyl (C=O) groups excluding carboxylic acids is 3. The molecule has 0 saturated carbocycles. The Labute approximate surface area is 184 Å². The van der Waals surface area contributed by atoms with Crippen LogP contribution in [0.2, 0.25) is 0 Å². The molecule has 1 aliphatic rings. The highest BCUT2D eigenvalue weighted by molar-refractivity contribution is 7.12. The summed E-state index contributed by atoms with van der Waals surface area (Å²) in [5.41, 5.74) is 2.52. The fourth-order valence-corrected chi connectivity index (χ4v) is 4.16. The molecule has 6 nitrogen and oxygen atoms in total. The van der Waals surface area contributed by atoms with Crippen LogP contribution in [0.5, 0.6) is 0 Å². The van der Waals surface area contributed by atoms with Crippen LogP contribution in [-0.2, 0) is 6.54 Å². The number of benzene rings is 2. The Morgan fingerprint density at radius 2 is 1.65 bits per heavy atom. The lowest BCUT2D eigenvalue weighted by atomic mass is 10.1. The second-order valence-electron chi connectivity index (χ2n) is 7.39. The van der Waals surface area contributed by atoms with Gasteiger partial charge in [-0.15, -0.1) is 11.3 Å². The van der Waals surface area contributed by atoms with Crippen molar-refractivity contribution in [3.63, 3.8) is 0 Å². The average molecular weight is 434 g/mol. The number of carbonyl (C=O) groups is 3. The number of likely N-dealkylation sites (tertiary alicyclic amines) is 1. The predicted molar refractivity (Wildman–Crippen MR) is 121 cm³/mol. The number of anilines is 1. The summed E-state index contributed by atoms with van der Waals surface area (Å²) in [6, 6.07) is 17.8. The molecule has 2 heterocycles. The van der Waals surface area contributed by atoms with Gasteiger partial charge in [0.15, 0.2) is 0 Å². The van der Waals surface area contributed by atoms with Crippen LogP contribution in [0.15, 0.2) is 66.0 Å². The molecule has 31 heavy (non-hydrogen) atoms. The molecule has 0 aliphatic carbocycles. The highest BCUT2D eigenvalue weighted by atomic mass is 32.1. The topological polar surface area (TPSA) is 78.5 Å². The van der Waals surface area contributed by atoms with E-state index in [0.717, 1.165) is 31.5 Å². The molecule has 4 rings (SSSR count). The highest BCUT2D eigenvalue weighted by Gasteiger charge is 2.19. The Hall–Kier alpha value is -3.45. The number of rotatable bonds is 6. The van der Waals surface area contributed by atoms with Crippen LogP contribution >= 0.6 is 11.3 Å². The lowest BCUT2D eigenvalue weighted by Gasteiger charge is -2.15. The number of hydrogen-bond donors (Lipinski definition) is 2. The minimum Gasteiger partial charge on any atom is -0.348 e. The third kappa shape index (κ3) is 5.19. The van der Waals surface area contributed by atoms with Gasteiger partial charge in [-0.2, -0.15) is 0 Å². The van der Waals surface area contributed by atoms with Gasteiger partial charge in [0, 0.05) is 36.4 Å². The van der Waals surface area contributed by atoms with Gasteiger partial charge < -0.3 is 15.5 Å². The second-order valence-corrected chi connectivity index (χ2v) is 8.34. The molecule has 1 aromatic heterocycles. The molecule has 158 valence electrons. The second kappa shape index (κ2) is 9.57. The molecule has 0 bridgehead atoms. The van der Waals surface area contributed by atoms with Gasteiger partial charge in [0.05, 0.1) is 4.88 Å². The Bertz CT molecular complexity index is 1090. The van der Waals surface area contributed by atoms with Gasteiger partial charge in [0.25, 0.3) is 17.7 Å². The van der Waals surface area contributed by atoms with Crippen LogP contribution in [0, 0.1) is 0 Å². The highest BCUT2D eigenvalue weighted by Crippen LogP contribution is 2.16. The van der Waals surface area contributed by atoms with E-state index in [1.165, 1.54) is 11.3 Å². The number of thiophene rings is 1. The summed E-state index contributed by atoms with van der Waals surface area (Å²) in [5, 5.41) is 7.53. The van der Waals surface area contributed by atoms with Crippen molar-refractivity contribution >= 4 is 34.7 Å². The molecule has 0 spiro atoms. The van der Waals surface area contributed by atoms with Gasteiger partial charge in [-0.1, -0.05) is 24.3 Å². The first-order valence-corrected chi connectivity index (χ1v) is 11.1. The van der Waals surface area contributed by atoms with Crippen LogP contribution in [0.1, 0.15) is 48.8 Å². The first-order chi connectivity index (χ1) is 15.1. The molecule has 2 aromatic carbocycles. The third-order valence-corrected chi connectivity index (χ3v) is 6.02. The van der Waals surface area contributed by atoms with Crippen molar-refractivity contribution in [3.8, 4) is 0 Å². The summed E-state index contributed by atoms with van der Waals surface area (Å²) in [6.45, 7) is 1.92. The largest absolute Gasteiger partial charge is 0.348 e. The average Bonchev–Trinajstić information content (AvgIpc) is 3.52. The van der Waals surface area contributed by atoms with Gasteiger partial charge in [0.1, 0.15) is 0 Å². The van der Waals surface area contributed by atoms with E-state index in [4.69, 9.17) is 0 Å². The van der Waals surface area contributed by atoms with Crippen LogP contribution in [0.3, 0.4) is 0 Å². The summed E-state index contributed by atoms with van der Waals surface area (Å²) in [5.74, 6) is -0.407. The SMILES string of the molecule is O=C(NCc1cccc(C(=O)N2CCCC2)c1)c1cccc(NC(=O)c2cccs2)c1. The first-order valence-electron chi connectivity index (χ1n) is 10.2. The molecule has 0 unspecified atom stereocenters. The number of hydrogen-bond acceptors (Lipinski definition) is 4. The van der Waals surface area contributed by atoms with Gasteiger partial charge in [-0.3, -0.25) is 14.4 Å². The Morgan fingerprint density at radius 3 is 2.42 bits per heavy atom. The van der Waals surface area contributed by atoms with Gasteiger partial charge in [-0.05, 0) is 60.2 Å². The Morgan fingerprint density at radius 1 is 0.871 bits per heavy atom. The zero-order valence-corrected chi connectivity index (χ0v) is 17.8. The maximum atomic E-state index is 12.6. The Balaban J connectivity index is 1.37. The molecular weight excluding hydrogens is 410 g/mol. The van der Waals surface area contributed by atoms with Gasteiger partial charge in [-0.25, -0.2) is 0 Å². The van der Waals surface area contributed by atoms with E-state index in [0.29, 0.717) is 28.2 Å². The third-order valence-electron chi connectivity index (χ3n) is 5.15. The van der Waals surface area contributed by atoms with Crippen molar-refractivity contribution in [2.24, 2.45) is 0 Å². The van der Waals surface area contributed by atoms with E-state index < -0.39 is 0 Å². The lowest BCUT2D eigenvalue weighted by Crippen LogP contribution is -2.28. The van der Waals surface area contributed by atoms with Crippen molar-refractivity contribution < 1.29 is 14.4 Å². The van der Waals surface area contributed by atoms with E-state index in [1.54, 1.807) is 30.3 Å². The maximum absolute atomic E-state index is 12.6. The number of nitrogens with zero attached hydrogens (tertiary/aromatic N) is 1. The first kappa shape index (κ1) is 20.8. The zero-order valence-electron chi connectivity index (χ0n) is 17.0. The minimum absolute atomic E-state index is 0.0415. The molecule has 2 N–H and O–H groups in total. The fourth-order valence-electron chi connectivity index (χ4n) is 3.54. The molecule has 7 heteroatoms. The molecule has 3 amide bonds. The van der Waals surface area contributed by atoms with Crippen LogP contribution in [0.4, 0.5) is 5.69 Å². The fraction of sp³-hybridized carbons (Fsp3) is 0.208. The molecule has 1 fully saturated rings. The van der Waals surface area contributed by atoms with Crippen molar-refractivity contribution in [2.45, 2.75) is 19.4 Å². The molecule has 0 atom stereocenters. The molecule has 1 saturated heterocycles. The van der Waals surface area contributed by atoms with E-state index in [9.17, 15) is 14.4 Å². The minimum atomic E-state index is -0.247.